The van der Waals surface area contributed by atoms with Crippen molar-refractivity contribution in [3.63, 3.8) is 0 Å². The maximum Gasteiger partial charge on any atom is 0.407 e. The highest BCUT2D eigenvalue weighted by Crippen LogP contribution is 2.34. The van der Waals surface area contributed by atoms with Crippen molar-refractivity contribution in [1.29, 1.82) is 0 Å². The number of carbonyl (C=O) groups excluding carboxylic acids is 2. The molecule has 0 radical (unpaired) electrons. The molecule has 13 heteroatoms. The number of alkyl carbamates (subject to hydrolysis) is 1. The van der Waals surface area contributed by atoms with Crippen LogP contribution >= 0.6 is 22.7 Å². The molecule has 1 aliphatic rings. The fourth-order valence-corrected chi connectivity index (χ4v) is 6.51. The molecule has 10 nitrogen and oxygen atoms in total. The Kier molecular flexibility index (Phi) is 9.74. The molecule has 0 saturated heterocycles. The summed E-state index contributed by atoms with van der Waals surface area (Å²) in [6, 6.07) is 11.9. The first-order chi connectivity index (χ1) is 19.1. The number of ether oxygens (including phenoxy) is 1. The second-order valence-corrected chi connectivity index (χ2v) is 12.3. The number of aromatic nitrogens is 1. The number of methoxy groups -OCH3 is 1. The minimum atomic E-state index is -4.39. The minimum absolute atomic E-state index is 0.0784. The lowest BCUT2D eigenvalue weighted by Crippen LogP contribution is -2.49. The summed E-state index contributed by atoms with van der Waals surface area (Å²) in [4.78, 5) is 31.5. The van der Waals surface area contributed by atoms with Gasteiger partial charge in [0.2, 0.25) is 5.91 Å². The summed E-state index contributed by atoms with van der Waals surface area (Å²) in [6.07, 6.45) is 5.16. The van der Waals surface area contributed by atoms with Gasteiger partial charge in [-0.1, -0.05) is 55.5 Å². The van der Waals surface area contributed by atoms with Crippen molar-refractivity contribution in [3.05, 3.63) is 88.4 Å². The highest BCUT2D eigenvalue weighted by atomic mass is 32.2. The van der Waals surface area contributed by atoms with Gasteiger partial charge in [-0.25, -0.2) is 9.78 Å². The van der Waals surface area contributed by atoms with E-state index in [1.54, 1.807) is 23.5 Å². The quantitative estimate of drug-likeness (QED) is 0.237. The zero-order chi connectivity index (χ0) is 28.7. The number of benzene rings is 1. The molecular weight excluding hydrogens is 573 g/mol. The molecule has 0 fully saturated rings. The van der Waals surface area contributed by atoms with Gasteiger partial charge in [-0.05, 0) is 41.3 Å². The molecule has 4 unspecified atom stereocenters. The number of rotatable bonds is 11. The van der Waals surface area contributed by atoms with Gasteiger partial charge in [0.15, 0.2) is 0 Å². The van der Waals surface area contributed by atoms with E-state index in [-0.39, 0.29) is 29.9 Å². The molecular formula is C27H30N4O6S3. The monoisotopic (exact) mass is 602 g/mol. The van der Waals surface area contributed by atoms with Crippen LogP contribution in [0.3, 0.4) is 0 Å². The highest BCUT2D eigenvalue weighted by molar-refractivity contribution is 7.83. The van der Waals surface area contributed by atoms with Crippen molar-refractivity contribution in [3.8, 4) is 9.88 Å². The number of amides is 2. The normalized spacial score (nSPS) is 18.3. The second-order valence-electron chi connectivity index (χ2n) is 9.31. The summed E-state index contributed by atoms with van der Waals surface area (Å²) in [5, 5.41) is 10.5. The molecule has 4 atom stereocenters. The fraction of sp³-hybridized carbons (Fsp3) is 0.296. The van der Waals surface area contributed by atoms with Gasteiger partial charge in [0.05, 0.1) is 23.7 Å². The topological polar surface area (TPSA) is 147 Å². The lowest BCUT2D eigenvalue weighted by molar-refractivity contribution is -0.124. The summed E-state index contributed by atoms with van der Waals surface area (Å²) in [5.74, 6) is -0.579. The number of hydrogen-bond acceptors (Lipinski definition) is 8. The van der Waals surface area contributed by atoms with Crippen LogP contribution in [0.25, 0.3) is 9.88 Å². The first kappa shape index (κ1) is 29.5. The van der Waals surface area contributed by atoms with Crippen LogP contribution in [0, 0.1) is 11.8 Å². The molecule has 2 amide bonds. The van der Waals surface area contributed by atoms with Gasteiger partial charge in [-0.2, -0.15) is 8.42 Å². The van der Waals surface area contributed by atoms with Crippen LogP contribution < -0.4 is 15.4 Å². The van der Waals surface area contributed by atoms with E-state index in [4.69, 9.17) is 14.3 Å². The smallest absolute Gasteiger partial charge is 0.407 e. The average molecular weight is 603 g/mol. The summed E-state index contributed by atoms with van der Waals surface area (Å²) < 4.78 is 38.4. The molecule has 0 aliphatic heterocycles. The minimum Gasteiger partial charge on any atom is -0.453 e. The Morgan fingerprint density at radius 3 is 2.55 bits per heavy atom. The van der Waals surface area contributed by atoms with Crippen LogP contribution in [0.2, 0.25) is 0 Å². The predicted molar refractivity (Wildman–Crippen MR) is 155 cm³/mol. The molecule has 1 aliphatic carbocycles. The van der Waals surface area contributed by atoms with Crippen LogP contribution in [-0.4, -0.2) is 43.1 Å². The van der Waals surface area contributed by atoms with E-state index in [0.717, 1.165) is 15.4 Å². The standard InChI is InChI=1S/C27H30N4O6S3/c1-17-13-20(31-40(34,35)36)11-10-19(17)15-21(23-16-39-26(29-23)24-9-6-12-38-24)28-25(32)22(30-27(33)37-2)14-18-7-4-3-5-8-18/h3-13,16-17,19,21-22,31H,14-15H2,1-2H3,(H,28,32)(H,30,33)(H,34,35,36). The summed E-state index contributed by atoms with van der Waals surface area (Å²) in [5.41, 5.74) is 1.83. The van der Waals surface area contributed by atoms with Crippen LogP contribution in [0.15, 0.2) is 77.1 Å². The Balaban J connectivity index is 1.58. The van der Waals surface area contributed by atoms with Crippen LogP contribution in [0.5, 0.6) is 0 Å². The van der Waals surface area contributed by atoms with Gasteiger partial charge in [0, 0.05) is 17.5 Å². The van der Waals surface area contributed by atoms with E-state index in [9.17, 15) is 18.0 Å². The molecule has 0 bridgehead atoms. The highest BCUT2D eigenvalue weighted by Gasteiger charge is 2.29. The Bertz CT molecular complexity index is 1470. The van der Waals surface area contributed by atoms with Crippen molar-refractivity contribution < 1.29 is 27.3 Å². The third-order valence-electron chi connectivity index (χ3n) is 6.40. The van der Waals surface area contributed by atoms with Crippen molar-refractivity contribution in [2.45, 2.75) is 31.8 Å². The molecule has 40 heavy (non-hydrogen) atoms. The Labute approximate surface area is 241 Å². The largest absolute Gasteiger partial charge is 0.453 e. The van der Waals surface area contributed by atoms with E-state index in [0.29, 0.717) is 12.1 Å². The zero-order valence-electron chi connectivity index (χ0n) is 21.8. The maximum absolute atomic E-state index is 13.6. The Morgan fingerprint density at radius 1 is 1.12 bits per heavy atom. The van der Waals surface area contributed by atoms with E-state index in [2.05, 4.69) is 15.4 Å². The van der Waals surface area contributed by atoms with E-state index in [1.165, 1.54) is 18.4 Å². The number of thiazole rings is 1. The van der Waals surface area contributed by atoms with Crippen molar-refractivity contribution in [2.75, 3.05) is 7.11 Å². The van der Waals surface area contributed by atoms with E-state index >= 15 is 0 Å². The van der Waals surface area contributed by atoms with Crippen LogP contribution in [0.4, 0.5) is 4.79 Å². The van der Waals surface area contributed by atoms with Gasteiger partial charge in [-0.3, -0.25) is 14.1 Å². The lowest BCUT2D eigenvalue weighted by Gasteiger charge is -2.28. The predicted octanol–water partition coefficient (Wildman–Crippen LogP) is 4.48. The number of carbonyl (C=O) groups is 2. The van der Waals surface area contributed by atoms with Crippen LogP contribution in [0.1, 0.15) is 30.6 Å². The number of nitrogens with zero attached hydrogens (tertiary/aromatic N) is 1. The van der Waals surface area contributed by atoms with Gasteiger partial charge in [0.1, 0.15) is 11.0 Å². The van der Waals surface area contributed by atoms with Crippen LogP contribution in [-0.2, 0) is 26.3 Å². The average Bonchev–Trinajstić information content (AvgIpc) is 3.61. The summed E-state index contributed by atoms with van der Waals surface area (Å²) in [7, 11) is -3.15. The third kappa shape index (κ3) is 8.24. The maximum atomic E-state index is 13.6. The van der Waals surface area contributed by atoms with Crippen molar-refractivity contribution >= 4 is 45.0 Å². The molecule has 2 aromatic heterocycles. The first-order valence-corrected chi connectivity index (χ1v) is 15.6. The number of hydrogen-bond donors (Lipinski definition) is 4. The Morgan fingerprint density at radius 2 is 1.90 bits per heavy atom. The van der Waals surface area contributed by atoms with E-state index < -0.39 is 28.5 Å². The molecule has 3 aromatic rings. The SMILES string of the molecule is COC(=O)NC(Cc1ccccc1)C(=O)NC(CC1C=CC(NS(=O)(=O)O)=CC1C)c1csc(-c2cccs2)n1. The molecule has 2 heterocycles. The molecule has 4 N–H and O–H groups in total. The zero-order valence-corrected chi connectivity index (χ0v) is 24.3. The van der Waals surface area contributed by atoms with Crippen molar-refractivity contribution in [2.24, 2.45) is 11.8 Å². The number of allylic oxidation sites excluding steroid dienone is 3. The number of thiophene rings is 1. The fourth-order valence-electron chi connectivity index (χ4n) is 4.39. The second kappa shape index (κ2) is 13.2. The molecule has 1 aromatic carbocycles. The summed E-state index contributed by atoms with van der Waals surface area (Å²) >= 11 is 3.06. The third-order valence-corrected chi connectivity index (χ3v) is 8.79. The van der Waals surface area contributed by atoms with E-state index in [1.807, 2.05) is 66.2 Å². The number of nitrogens with one attached hydrogen (secondary N) is 3. The van der Waals surface area contributed by atoms with Gasteiger partial charge in [0.25, 0.3) is 0 Å². The molecule has 212 valence electrons. The molecule has 0 saturated carbocycles. The Hall–Kier alpha value is -3.52. The summed E-state index contributed by atoms with van der Waals surface area (Å²) in [6.45, 7) is 1.92. The van der Waals surface area contributed by atoms with Gasteiger partial charge < -0.3 is 15.4 Å². The first-order valence-electron chi connectivity index (χ1n) is 12.4. The molecule has 4 rings (SSSR count). The van der Waals surface area contributed by atoms with Gasteiger partial charge >= 0.3 is 16.4 Å². The molecule has 0 spiro atoms. The lowest BCUT2D eigenvalue weighted by atomic mass is 9.83. The van der Waals surface area contributed by atoms with Crippen molar-refractivity contribution in [1.82, 2.24) is 20.3 Å². The van der Waals surface area contributed by atoms with Gasteiger partial charge in [-0.15, -0.1) is 22.7 Å².